The minimum Gasteiger partial charge on any atom is -0.382 e. The van der Waals surface area contributed by atoms with E-state index in [4.69, 9.17) is 33.5 Å². The summed E-state index contributed by atoms with van der Waals surface area (Å²) in [5.74, 6) is -0.0259. The number of phosphoric ester groups is 1. The summed E-state index contributed by atoms with van der Waals surface area (Å²) in [6, 6.07) is 0.950. The number of nitrogen functional groups attached to an aromatic ring is 1. The normalized spacial score (nSPS) is 30.3. The number of rotatable bonds is 13. The van der Waals surface area contributed by atoms with Crippen LogP contribution in [0, 0.1) is 0 Å². The molecule has 0 radical (unpaired) electrons. The molecule has 240 valence electrons. The molecule has 2 aliphatic heterocycles. The third kappa shape index (κ3) is 6.32. The summed E-state index contributed by atoms with van der Waals surface area (Å²) in [7, 11) is -5.97. The number of H-pyrrole nitrogens is 1. The van der Waals surface area contributed by atoms with Gasteiger partial charge in [0.25, 0.3) is 5.56 Å². The predicted molar refractivity (Wildman–Crippen MR) is 136 cm³/mol. The van der Waals surface area contributed by atoms with E-state index in [0.29, 0.717) is 0 Å². The number of hydrogen-bond donors (Lipinski definition) is 4. The van der Waals surface area contributed by atoms with Crippen molar-refractivity contribution in [1.82, 2.24) is 29.1 Å². The summed E-state index contributed by atoms with van der Waals surface area (Å²) in [5.41, 5.74) is 4.20. The number of aliphatic hydroxyl groups is 1. The van der Waals surface area contributed by atoms with Gasteiger partial charge in [0, 0.05) is 12.3 Å². The average Bonchev–Trinajstić information content (AvgIpc) is 3.66. The van der Waals surface area contributed by atoms with Crippen LogP contribution in [0.15, 0.2) is 34.5 Å². The van der Waals surface area contributed by atoms with E-state index in [-0.39, 0.29) is 17.0 Å². The molecule has 0 spiro atoms. The van der Waals surface area contributed by atoms with Crippen molar-refractivity contribution in [2.75, 3.05) is 25.7 Å². The summed E-state index contributed by atoms with van der Waals surface area (Å²) in [6.45, 7) is -2.54. The molecule has 0 bridgehead atoms. The van der Waals surface area contributed by atoms with Gasteiger partial charge in [0.15, 0.2) is 36.3 Å². The maximum Gasteiger partial charge on any atom is 0.502 e. The number of imidazole rings is 1. The summed E-state index contributed by atoms with van der Waals surface area (Å²) in [6.07, 6.45) is -10.8. The van der Waals surface area contributed by atoms with Gasteiger partial charge in [0.1, 0.15) is 43.1 Å². The third-order valence-electron chi connectivity index (χ3n) is 6.62. The molecule has 0 amide bonds. The Balaban J connectivity index is 1.36. The van der Waals surface area contributed by atoms with E-state index in [2.05, 4.69) is 19.6 Å². The van der Waals surface area contributed by atoms with Gasteiger partial charge in [-0.25, -0.2) is 42.9 Å². The number of nitrogens with one attached hydrogen (secondary N) is 1. The van der Waals surface area contributed by atoms with E-state index in [1.54, 1.807) is 0 Å². The Hall–Kier alpha value is -3.14. The van der Waals surface area contributed by atoms with Crippen LogP contribution >= 0.6 is 16.5 Å². The van der Waals surface area contributed by atoms with Gasteiger partial charge in [0.2, 0.25) is 0 Å². The lowest BCUT2D eigenvalue weighted by Crippen LogP contribution is -2.38. The lowest BCUT2D eigenvalue weighted by atomic mass is 10.1. The highest BCUT2D eigenvalue weighted by atomic mass is 31.2. The summed E-state index contributed by atoms with van der Waals surface area (Å²) >= 11 is 0. The molecule has 2 aliphatic rings. The highest BCUT2D eigenvalue weighted by Gasteiger charge is 2.53. The number of anilines is 1. The molecule has 44 heavy (non-hydrogen) atoms. The average molecular weight is 669 g/mol. The maximum atomic E-state index is 15.6. The minimum absolute atomic E-state index is 0.0259. The topological polar surface area (TPSA) is 264 Å². The van der Waals surface area contributed by atoms with E-state index < -0.39 is 97.0 Å². The molecule has 1 unspecified atom stereocenters. The predicted octanol–water partition coefficient (Wildman–Crippen LogP) is -0.0125. The van der Waals surface area contributed by atoms with E-state index >= 15 is 8.78 Å². The fourth-order valence-corrected chi connectivity index (χ4v) is 5.86. The van der Waals surface area contributed by atoms with Gasteiger partial charge >= 0.3 is 22.2 Å². The van der Waals surface area contributed by atoms with E-state index in [1.165, 1.54) is 0 Å². The Morgan fingerprint density at radius 1 is 1.09 bits per heavy atom. The van der Waals surface area contributed by atoms with Crippen LogP contribution in [0.5, 0.6) is 0 Å². The number of nitrogens with zero attached hydrogens (tertiary/aromatic N) is 5. The van der Waals surface area contributed by atoms with Crippen LogP contribution in [-0.4, -0.2) is 96.2 Å². The fraction of sp³-hybridized carbons (Fsp3) is 0.550. The monoisotopic (exact) mass is 669 g/mol. The lowest BCUT2D eigenvalue weighted by Gasteiger charge is -2.25. The Labute approximate surface area is 244 Å². The number of aliphatic hydroxyl groups excluding tert-OH is 1. The zero-order valence-corrected chi connectivity index (χ0v) is 23.7. The van der Waals surface area contributed by atoms with Crippen molar-refractivity contribution in [1.29, 1.82) is 0 Å². The Morgan fingerprint density at radius 3 is 2.48 bits per heavy atom. The first-order valence-electron chi connectivity index (χ1n) is 12.4. The van der Waals surface area contributed by atoms with Gasteiger partial charge in [-0.1, -0.05) is 0 Å². The molecule has 5 heterocycles. The van der Waals surface area contributed by atoms with Crippen molar-refractivity contribution in [3.8, 4) is 0 Å². The minimum atomic E-state index is -5.18. The molecule has 5 N–H and O–H groups in total. The maximum absolute atomic E-state index is 15.6. The van der Waals surface area contributed by atoms with Crippen molar-refractivity contribution >= 4 is 33.5 Å². The zero-order chi connectivity index (χ0) is 31.6. The molecular formula is C20H23F2N7O13P2. The van der Waals surface area contributed by atoms with Crippen LogP contribution in [0.3, 0.4) is 0 Å². The van der Waals surface area contributed by atoms with Crippen LogP contribution in [0.4, 0.5) is 14.6 Å². The number of halogens is 2. The van der Waals surface area contributed by atoms with Gasteiger partial charge in [-0.2, -0.15) is 0 Å². The second-order valence-corrected chi connectivity index (χ2v) is 11.1. The molecule has 3 aromatic heterocycles. The van der Waals surface area contributed by atoms with Crippen molar-refractivity contribution in [2.24, 2.45) is 0 Å². The zero-order valence-electron chi connectivity index (χ0n) is 21.9. The number of aromatic nitrogens is 6. The molecule has 9 atom stereocenters. The van der Waals surface area contributed by atoms with Crippen molar-refractivity contribution in [2.45, 2.75) is 49.2 Å². The van der Waals surface area contributed by atoms with Crippen molar-refractivity contribution < 1.29 is 60.7 Å². The molecule has 2 fully saturated rings. The van der Waals surface area contributed by atoms with Crippen LogP contribution < -0.4 is 17.0 Å². The number of fused-ring (bicyclic) bond motifs is 1. The molecule has 0 aliphatic carbocycles. The van der Waals surface area contributed by atoms with Crippen molar-refractivity contribution in [3.63, 3.8) is 0 Å². The Morgan fingerprint density at radius 2 is 1.80 bits per heavy atom. The Kier molecular flexibility index (Phi) is 9.87. The molecular weight excluding hydrogens is 646 g/mol. The first-order chi connectivity index (χ1) is 21.1. The summed E-state index contributed by atoms with van der Waals surface area (Å²) < 4.78 is 92.0. The molecule has 20 nitrogen and oxygen atoms in total. The highest BCUT2D eigenvalue weighted by molar-refractivity contribution is 7.48. The molecule has 5 rings (SSSR count). The molecule has 0 aromatic carbocycles. The summed E-state index contributed by atoms with van der Waals surface area (Å²) in [4.78, 5) is 37.5. The third-order valence-corrected chi connectivity index (χ3v) is 8.04. The van der Waals surface area contributed by atoms with Crippen LogP contribution in [0.25, 0.3) is 11.2 Å². The molecule has 3 aromatic rings. The van der Waals surface area contributed by atoms with Gasteiger partial charge in [-0.3, -0.25) is 32.5 Å². The van der Waals surface area contributed by atoms with E-state index in [9.17, 15) is 29.1 Å². The second-order valence-electron chi connectivity index (χ2n) is 9.14. The molecule has 2 saturated heterocycles. The second kappa shape index (κ2) is 13.5. The number of phosphoric acid groups is 1. The SMILES string of the molecule is Nc1ncnc2c1ncn2[C@@H]1O[C@H](COP=O)[C@@H](F)[C@H]1OP(=O)(OO)OC[C@H]1O[C@@H](n2ccc(=O)[nH]c2=O)[C@H](OCO)[C@@H]1F. The van der Waals surface area contributed by atoms with Gasteiger partial charge in [-0.05, 0) is 0 Å². The van der Waals surface area contributed by atoms with Gasteiger partial charge in [-0.15, -0.1) is 4.67 Å². The quantitative estimate of drug-likeness (QED) is 0.0806. The highest BCUT2D eigenvalue weighted by Crippen LogP contribution is 2.54. The molecule has 24 heteroatoms. The van der Waals surface area contributed by atoms with Gasteiger partial charge < -0.3 is 25.1 Å². The van der Waals surface area contributed by atoms with E-state index in [1.807, 2.05) is 4.98 Å². The number of ether oxygens (including phenoxy) is 3. The largest absolute Gasteiger partial charge is 0.502 e. The lowest BCUT2D eigenvalue weighted by molar-refractivity contribution is -0.177. The number of nitrogens with two attached hydrogens (primary N) is 1. The van der Waals surface area contributed by atoms with E-state index in [0.717, 1.165) is 34.1 Å². The number of aromatic amines is 1. The first-order valence-corrected chi connectivity index (χ1v) is 14.6. The summed E-state index contributed by atoms with van der Waals surface area (Å²) in [5, 5.41) is 18.7. The molecule has 0 saturated carbocycles. The fourth-order valence-electron chi connectivity index (χ4n) is 4.66. The number of hydrogen-bond acceptors (Lipinski definition) is 17. The van der Waals surface area contributed by atoms with Crippen LogP contribution in [0.2, 0.25) is 0 Å². The first kappa shape index (κ1) is 32.3. The van der Waals surface area contributed by atoms with Crippen LogP contribution in [-0.2, 0) is 41.6 Å². The standard InChI is InChI=1S/C20H23F2N7O13P2/c21-11-9(40-18(14(11)36-7-30)28-2-1-10(31)27-20(28)32)4-38-44(35,42-33)41-15-12(22)8(3-37-43-34)39-19(15)29-6-26-13-16(23)24-5-25-17(13)29/h1-2,5-6,8-9,11-12,14-15,18-19,30,33H,3-4,7H2,(H2,23,24,25)(H,27,31,32)/t8-,9-,11-,12-,14-,15-,18-,19-,44?/m1/s1. The van der Waals surface area contributed by atoms with Crippen LogP contribution in [0.1, 0.15) is 12.5 Å². The van der Waals surface area contributed by atoms with Crippen molar-refractivity contribution in [3.05, 3.63) is 45.8 Å². The number of alkyl halides is 2. The Bertz CT molecular complexity index is 1650. The van der Waals surface area contributed by atoms with Gasteiger partial charge in [0.05, 0.1) is 19.5 Å². The smallest absolute Gasteiger partial charge is 0.382 e.